The van der Waals surface area contributed by atoms with Crippen LogP contribution in [0.1, 0.15) is 64.5 Å². The number of carbonyl (C=O) groups is 1. The first-order chi connectivity index (χ1) is 16.4. The minimum absolute atomic E-state index is 0.0899. The van der Waals surface area contributed by atoms with Gasteiger partial charge in [0.2, 0.25) is 0 Å². The molecule has 3 rings (SSSR count). The predicted molar refractivity (Wildman–Crippen MR) is 131 cm³/mol. The Morgan fingerprint density at radius 3 is 2.34 bits per heavy atom. The smallest absolute Gasteiger partial charge is 0.416 e. The maximum absolute atomic E-state index is 13.8. The third kappa shape index (κ3) is 7.03. The molecule has 1 amide bonds. The van der Waals surface area contributed by atoms with E-state index in [0.717, 1.165) is 32.2 Å². The fraction of sp³-hybridized carbons (Fsp3) is 0.731. The fourth-order valence-electron chi connectivity index (χ4n) is 5.24. The number of nitrogens with zero attached hydrogens (tertiary/aromatic N) is 3. The summed E-state index contributed by atoms with van der Waals surface area (Å²) in [6.45, 7) is 11.6. The first kappa shape index (κ1) is 27.6. The number of methoxy groups -OCH3 is 1. The summed E-state index contributed by atoms with van der Waals surface area (Å²) in [5.74, 6) is 0. The summed E-state index contributed by atoms with van der Waals surface area (Å²) in [4.78, 5) is 18.5. The van der Waals surface area contributed by atoms with Crippen LogP contribution in [0.4, 0.5) is 23.7 Å². The third-order valence-corrected chi connectivity index (χ3v) is 7.08. The van der Waals surface area contributed by atoms with Crippen molar-refractivity contribution in [3.63, 3.8) is 0 Å². The lowest BCUT2D eigenvalue weighted by atomic mass is 9.84. The SMILES string of the molecule is CCN(CCOC)c1cc(CN2CCCC23CCN(C(=O)OC(C)(C)C)CC3)cc(C(F)(F)F)c1. The molecule has 0 N–H and O–H groups in total. The quantitative estimate of drug-likeness (QED) is 0.493. The van der Waals surface area contributed by atoms with E-state index >= 15 is 0 Å². The molecule has 0 atom stereocenters. The van der Waals surface area contributed by atoms with Crippen LogP contribution in [0, 0.1) is 0 Å². The van der Waals surface area contributed by atoms with E-state index in [1.54, 1.807) is 12.0 Å². The van der Waals surface area contributed by atoms with Gasteiger partial charge in [0, 0.05) is 51.1 Å². The van der Waals surface area contributed by atoms with Crippen LogP contribution in [0.3, 0.4) is 0 Å². The lowest BCUT2D eigenvalue weighted by Gasteiger charge is -2.45. The molecule has 6 nitrogen and oxygen atoms in total. The van der Waals surface area contributed by atoms with Gasteiger partial charge in [0.25, 0.3) is 0 Å². The largest absolute Gasteiger partial charge is 0.444 e. The molecule has 198 valence electrons. The van der Waals surface area contributed by atoms with Gasteiger partial charge in [-0.15, -0.1) is 0 Å². The van der Waals surface area contributed by atoms with Crippen LogP contribution in [0.2, 0.25) is 0 Å². The number of hydrogen-bond acceptors (Lipinski definition) is 5. The number of carbonyl (C=O) groups excluding carboxylic acids is 1. The van der Waals surface area contributed by atoms with Crippen molar-refractivity contribution >= 4 is 11.8 Å². The lowest BCUT2D eigenvalue weighted by molar-refractivity contribution is -0.137. The molecular formula is C26H40F3N3O3. The van der Waals surface area contributed by atoms with Crippen molar-refractivity contribution in [3.8, 4) is 0 Å². The molecule has 1 aromatic rings. The van der Waals surface area contributed by atoms with Crippen molar-refractivity contribution in [1.82, 2.24) is 9.80 Å². The zero-order chi connectivity index (χ0) is 25.9. The van der Waals surface area contributed by atoms with Gasteiger partial charge in [-0.2, -0.15) is 13.2 Å². The van der Waals surface area contributed by atoms with Gasteiger partial charge in [-0.1, -0.05) is 0 Å². The molecule has 35 heavy (non-hydrogen) atoms. The van der Waals surface area contributed by atoms with Gasteiger partial charge in [0.05, 0.1) is 12.2 Å². The summed E-state index contributed by atoms with van der Waals surface area (Å²) in [7, 11) is 1.59. The Bertz CT molecular complexity index is 862. The van der Waals surface area contributed by atoms with Crippen molar-refractivity contribution in [2.75, 3.05) is 51.3 Å². The van der Waals surface area contributed by atoms with Gasteiger partial charge in [0.1, 0.15) is 5.60 Å². The number of hydrogen-bond donors (Lipinski definition) is 0. The zero-order valence-electron chi connectivity index (χ0n) is 21.7. The third-order valence-electron chi connectivity index (χ3n) is 7.08. The Labute approximate surface area is 207 Å². The van der Waals surface area contributed by atoms with E-state index in [2.05, 4.69) is 4.90 Å². The highest BCUT2D eigenvalue weighted by Gasteiger charge is 2.44. The monoisotopic (exact) mass is 499 g/mol. The number of anilines is 1. The second kappa shape index (κ2) is 10.9. The van der Waals surface area contributed by atoms with E-state index < -0.39 is 17.3 Å². The topological polar surface area (TPSA) is 45.2 Å². The van der Waals surface area contributed by atoms with Crippen molar-refractivity contribution in [3.05, 3.63) is 29.3 Å². The number of amides is 1. The van der Waals surface area contributed by atoms with Crippen LogP contribution in [-0.4, -0.2) is 73.5 Å². The van der Waals surface area contributed by atoms with Crippen molar-refractivity contribution in [2.45, 2.75) is 77.2 Å². The Kier molecular flexibility index (Phi) is 8.63. The van der Waals surface area contributed by atoms with E-state index in [9.17, 15) is 18.0 Å². The molecule has 1 aromatic carbocycles. The molecule has 2 heterocycles. The summed E-state index contributed by atoms with van der Waals surface area (Å²) < 4.78 is 51.9. The summed E-state index contributed by atoms with van der Waals surface area (Å²) in [6.07, 6.45) is -1.11. The van der Waals surface area contributed by atoms with Gasteiger partial charge in [0.15, 0.2) is 0 Å². The first-order valence-corrected chi connectivity index (χ1v) is 12.5. The first-order valence-electron chi connectivity index (χ1n) is 12.5. The summed E-state index contributed by atoms with van der Waals surface area (Å²) in [5, 5.41) is 0. The van der Waals surface area contributed by atoms with Crippen molar-refractivity contribution in [1.29, 1.82) is 0 Å². The number of likely N-dealkylation sites (N-methyl/N-ethyl adjacent to an activating group) is 1. The van der Waals surface area contributed by atoms with E-state index in [1.165, 1.54) is 12.1 Å². The van der Waals surface area contributed by atoms with E-state index in [-0.39, 0.29) is 11.6 Å². The molecule has 0 saturated carbocycles. The zero-order valence-corrected chi connectivity index (χ0v) is 21.7. The Morgan fingerprint density at radius 2 is 1.77 bits per heavy atom. The average Bonchev–Trinajstić information content (AvgIpc) is 3.14. The fourth-order valence-corrected chi connectivity index (χ4v) is 5.24. The minimum atomic E-state index is -4.41. The second-order valence-corrected chi connectivity index (χ2v) is 10.7. The standard InChI is InChI=1S/C26H40F3N3O3/c1-6-30(14-15-34-5)22-17-20(16-21(18-22)26(27,28)29)19-32-11-7-8-25(32)9-12-31(13-10-25)23(33)35-24(2,3)4/h16-18H,6-15,19H2,1-5H3. The average molecular weight is 500 g/mol. The molecule has 9 heteroatoms. The molecule has 2 saturated heterocycles. The summed E-state index contributed by atoms with van der Waals surface area (Å²) in [6, 6.07) is 4.41. The van der Waals surface area contributed by atoms with Gasteiger partial charge >= 0.3 is 12.3 Å². The van der Waals surface area contributed by atoms with Crippen molar-refractivity contribution in [2.24, 2.45) is 0 Å². The number of ether oxygens (including phenoxy) is 2. The van der Waals surface area contributed by atoms with Crippen LogP contribution < -0.4 is 4.90 Å². The van der Waals surface area contributed by atoms with Crippen LogP contribution in [0.25, 0.3) is 0 Å². The molecule has 1 spiro atoms. The molecule has 0 aromatic heterocycles. The Balaban J connectivity index is 1.77. The Hall–Kier alpha value is -2.00. The molecule has 0 unspecified atom stereocenters. The Morgan fingerprint density at radius 1 is 1.09 bits per heavy atom. The van der Waals surface area contributed by atoms with Crippen molar-refractivity contribution < 1.29 is 27.4 Å². The molecule has 2 aliphatic heterocycles. The highest BCUT2D eigenvalue weighted by Crippen LogP contribution is 2.41. The summed E-state index contributed by atoms with van der Waals surface area (Å²) >= 11 is 0. The van der Waals surface area contributed by atoms with Gasteiger partial charge in [-0.25, -0.2) is 4.79 Å². The highest BCUT2D eigenvalue weighted by molar-refractivity contribution is 5.68. The molecule has 2 aliphatic rings. The maximum atomic E-state index is 13.8. The van der Waals surface area contributed by atoms with E-state index in [4.69, 9.17) is 9.47 Å². The van der Waals surface area contributed by atoms with Gasteiger partial charge in [-0.3, -0.25) is 4.90 Å². The number of likely N-dealkylation sites (tertiary alicyclic amines) is 2. The molecule has 2 fully saturated rings. The normalized spacial score (nSPS) is 18.8. The van der Waals surface area contributed by atoms with E-state index in [1.807, 2.05) is 38.7 Å². The predicted octanol–water partition coefficient (Wildman–Crippen LogP) is 5.54. The number of piperidine rings is 1. The van der Waals surface area contributed by atoms with Crippen LogP contribution >= 0.6 is 0 Å². The summed E-state index contributed by atoms with van der Waals surface area (Å²) in [5.41, 5.74) is -0.00619. The lowest BCUT2D eigenvalue weighted by Crippen LogP contribution is -2.53. The van der Waals surface area contributed by atoms with Crippen LogP contribution in [0.15, 0.2) is 18.2 Å². The van der Waals surface area contributed by atoms with Crippen LogP contribution in [-0.2, 0) is 22.2 Å². The highest BCUT2D eigenvalue weighted by atomic mass is 19.4. The molecule has 0 aliphatic carbocycles. The molecular weight excluding hydrogens is 459 g/mol. The molecule has 0 bridgehead atoms. The number of rotatable bonds is 7. The van der Waals surface area contributed by atoms with Crippen LogP contribution in [0.5, 0.6) is 0 Å². The van der Waals surface area contributed by atoms with Gasteiger partial charge < -0.3 is 19.3 Å². The number of halogens is 3. The van der Waals surface area contributed by atoms with E-state index in [0.29, 0.717) is 50.6 Å². The number of benzene rings is 1. The second-order valence-electron chi connectivity index (χ2n) is 10.7. The minimum Gasteiger partial charge on any atom is -0.444 e. The molecule has 0 radical (unpaired) electrons. The maximum Gasteiger partial charge on any atom is 0.416 e. The number of alkyl halides is 3. The van der Waals surface area contributed by atoms with Gasteiger partial charge in [-0.05, 0) is 83.7 Å².